The van der Waals surface area contributed by atoms with Crippen LogP contribution in [0.3, 0.4) is 0 Å². The zero-order valence-electron chi connectivity index (χ0n) is 11.7. The van der Waals surface area contributed by atoms with Gasteiger partial charge in [0.2, 0.25) is 5.13 Å². The van der Waals surface area contributed by atoms with Gasteiger partial charge in [0.25, 0.3) is 0 Å². The molecule has 0 aliphatic heterocycles. The number of rotatable bonds is 6. The average Bonchev–Trinajstić information content (AvgIpc) is 2.88. The van der Waals surface area contributed by atoms with Gasteiger partial charge in [-0.3, -0.25) is 0 Å². The normalized spacial score (nSPS) is 10.5. The number of nitrogens with two attached hydrogens (primary N) is 1. The van der Waals surface area contributed by atoms with Crippen LogP contribution in [0.1, 0.15) is 30.3 Å². The van der Waals surface area contributed by atoms with Crippen molar-refractivity contribution in [3.8, 4) is 0 Å². The Kier molecular flexibility index (Phi) is 5.03. The fourth-order valence-corrected chi connectivity index (χ4v) is 2.69. The molecule has 0 fully saturated rings. The molecule has 2 rings (SSSR count). The van der Waals surface area contributed by atoms with E-state index >= 15 is 0 Å². The van der Waals surface area contributed by atoms with Crippen LogP contribution in [0.2, 0.25) is 0 Å². The van der Waals surface area contributed by atoms with Gasteiger partial charge in [-0.25, -0.2) is 4.98 Å². The van der Waals surface area contributed by atoms with E-state index in [-0.39, 0.29) is 0 Å². The first kappa shape index (κ1) is 14.9. The first-order chi connectivity index (χ1) is 9.60. The molecule has 106 valence electrons. The molecule has 0 aliphatic rings. The van der Waals surface area contributed by atoms with Gasteiger partial charge in [0.1, 0.15) is 10.8 Å². The standard InChI is InChI=1S/C14H18N4S2/c1-3-5-12-16-14(20-17-12)18(2)9-10-6-4-7-11(8-10)13(15)19/h4,6-8H,3,5,9H2,1-2H3,(H2,15,19). The molecule has 4 nitrogen and oxygen atoms in total. The Bertz CT molecular complexity index is 594. The lowest BCUT2D eigenvalue weighted by Gasteiger charge is -2.15. The van der Waals surface area contributed by atoms with Crippen LogP contribution < -0.4 is 10.6 Å². The Morgan fingerprint density at radius 3 is 2.95 bits per heavy atom. The number of hydrogen-bond donors (Lipinski definition) is 1. The predicted octanol–water partition coefficient (Wildman–Crippen LogP) is 2.76. The fraction of sp³-hybridized carbons (Fsp3) is 0.357. The number of aromatic nitrogens is 2. The molecular weight excluding hydrogens is 288 g/mol. The molecule has 0 unspecified atom stereocenters. The predicted molar refractivity (Wildman–Crippen MR) is 88.3 cm³/mol. The Labute approximate surface area is 128 Å². The lowest BCUT2D eigenvalue weighted by Crippen LogP contribution is -2.17. The molecule has 0 saturated heterocycles. The van der Waals surface area contributed by atoms with Crippen molar-refractivity contribution in [2.75, 3.05) is 11.9 Å². The molecule has 1 aromatic carbocycles. The molecule has 0 amide bonds. The third kappa shape index (κ3) is 3.74. The maximum atomic E-state index is 5.66. The minimum atomic E-state index is 0.427. The molecule has 1 aromatic heterocycles. The third-order valence-corrected chi connectivity index (χ3v) is 3.99. The highest BCUT2D eigenvalue weighted by Gasteiger charge is 2.09. The molecule has 1 heterocycles. The van der Waals surface area contributed by atoms with Gasteiger partial charge in [-0.1, -0.05) is 37.3 Å². The summed E-state index contributed by atoms with van der Waals surface area (Å²) in [6.45, 7) is 2.89. The summed E-state index contributed by atoms with van der Waals surface area (Å²) in [6, 6.07) is 7.98. The van der Waals surface area contributed by atoms with E-state index in [0.29, 0.717) is 4.99 Å². The van der Waals surface area contributed by atoms with Crippen LogP contribution in [0.25, 0.3) is 0 Å². The van der Waals surface area contributed by atoms with E-state index in [9.17, 15) is 0 Å². The number of nitrogens with zero attached hydrogens (tertiary/aromatic N) is 3. The lowest BCUT2D eigenvalue weighted by molar-refractivity contribution is 0.846. The average molecular weight is 306 g/mol. The van der Waals surface area contributed by atoms with Crippen LogP contribution in [-0.4, -0.2) is 21.4 Å². The largest absolute Gasteiger partial charge is 0.389 e. The van der Waals surface area contributed by atoms with Crippen molar-refractivity contribution in [3.63, 3.8) is 0 Å². The molecule has 0 saturated carbocycles. The van der Waals surface area contributed by atoms with Crippen molar-refractivity contribution in [2.24, 2.45) is 5.73 Å². The zero-order chi connectivity index (χ0) is 14.5. The summed E-state index contributed by atoms with van der Waals surface area (Å²) >= 11 is 6.45. The van der Waals surface area contributed by atoms with E-state index in [1.807, 2.05) is 25.2 Å². The van der Waals surface area contributed by atoms with Crippen LogP contribution >= 0.6 is 23.8 Å². The van der Waals surface area contributed by atoms with Gasteiger partial charge in [0.15, 0.2) is 0 Å². The fourth-order valence-electron chi connectivity index (χ4n) is 1.89. The van der Waals surface area contributed by atoms with Crippen LogP contribution in [0.5, 0.6) is 0 Å². The second-order valence-corrected chi connectivity index (χ2v) is 5.83. The molecule has 2 N–H and O–H groups in total. The van der Waals surface area contributed by atoms with Gasteiger partial charge >= 0.3 is 0 Å². The van der Waals surface area contributed by atoms with Crippen molar-refractivity contribution in [3.05, 3.63) is 41.2 Å². The van der Waals surface area contributed by atoms with Gasteiger partial charge in [0, 0.05) is 37.1 Å². The van der Waals surface area contributed by atoms with Gasteiger partial charge in [-0.2, -0.15) is 4.37 Å². The Balaban J connectivity index is 2.08. The number of benzene rings is 1. The van der Waals surface area contributed by atoms with Gasteiger partial charge in [-0.15, -0.1) is 0 Å². The SMILES string of the molecule is CCCc1nsc(N(C)Cc2cccc(C(N)=S)c2)n1. The third-order valence-electron chi connectivity index (χ3n) is 2.89. The van der Waals surface area contributed by atoms with Crippen molar-refractivity contribution < 1.29 is 0 Å². The summed E-state index contributed by atoms with van der Waals surface area (Å²) < 4.78 is 4.36. The second-order valence-electron chi connectivity index (χ2n) is 4.66. The highest BCUT2D eigenvalue weighted by Crippen LogP contribution is 2.19. The molecule has 0 atom stereocenters. The first-order valence-corrected chi connectivity index (χ1v) is 7.70. The maximum Gasteiger partial charge on any atom is 0.205 e. The minimum absolute atomic E-state index is 0.427. The zero-order valence-corrected chi connectivity index (χ0v) is 13.3. The summed E-state index contributed by atoms with van der Waals surface area (Å²) in [5.41, 5.74) is 7.71. The highest BCUT2D eigenvalue weighted by atomic mass is 32.1. The van der Waals surface area contributed by atoms with E-state index in [1.54, 1.807) is 0 Å². The van der Waals surface area contributed by atoms with Crippen LogP contribution in [0.4, 0.5) is 5.13 Å². The number of aryl methyl sites for hydroxylation is 1. The topological polar surface area (TPSA) is 55.0 Å². The van der Waals surface area contributed by atoms with Crippen LogP contribution in [0, 0.1) is 0 Å². The van der Waals surface area contributed by atoms with Crippen LogP contribution in [0.15, 0.2) is 24.3 Å². The molecular formula is C14H18N4S2. The van der Waals surface area contributed by atoms with Gasteiger partial charge in [-0.05, 0) is 18.1 Å². The van der Waals surface area contributed by atoms with Gasteiger partial charge in [0.05, 0.1) is 0 Å². The summed E-state index contributed by atoms with van der Waals surface area (Å²) in [7, 11) is 2.02. The highest BCUT2D eigenvalue weighted by molar-refractivity contribution is 7.80. The molecule has 0 radical (unpaired) electrons. The molecule has 0 bridgehead atoms. The van der Waals surface area contributed by atoms with E-state index in [0.717, 1.165) is 41.5 Å². The molecule has 20 heavy (non-hydrogen) atoms. The Morgan fingerprint density at radius 1 is 1.45 bits per heavy atom. The number of hydrogen-bond acceptors (Lipinski definition) is 5. The van der Waals surface area contributed by atoms with Gasteiger partial charge < -0.3 is 10.6 Å². The monoisotopic (exact) mass is 306 g/mol. The molecule has 0 aliphatic carbocycles. The molecule has 6 heteroatoms. The summed E-state index contributed by atoms with van der Waals surface area (Å²) in [4.78, 5) is 7.06. The van der Waals surface area contributed by atoms with E-state index in [2.05, 4.69) is 27.2 Å². The van der Waals surface area contributed by atoms with Crippen molar-refractivity contribution in [2.45, 2.75) is 26.3 Å². The van der Waals surface area contributed by atoms with E-state index in [1.165, 1.54) is 11.5 Å². The molecule has 0 spiro atoms. The van der Waals surface area contributed by atoms with Crippen molar-refractivity contribution in [1.29, 1.82) is 0 Å². The Morgan fingerprint density at radius 2 is 2.25 bits per heavy atom. The Hall–Kier alpha value is -1.53. The molecule has 2 aromatic rings. The quantitative estimate of drug-likeness (QED) is 0.832. The van der Waals surface area contributed by atoms with E-state index < -0.39 is 0 Å². The van der Waals surface area contributed by atoms with Crippen molar-refractivity contribution >= 4 is 33.9 Å². The van der Waals surface area contributed by atoms with E-state index in [4.69, 9.17) is 18.0 Å². The van der Waals surface area contributed by atoms with Crippen molar-refractivity contribution in [1.82, 2.24) is 9.36 Å². The summed E-state index contributed by atoms with van der Waals surface area (Å²) in [5, 5.41) is 0.939. The maximum absolute atomic E-state index is 5.66. The second kappa shape index (κ2) is 6.76. The lowest BCUT2D eigenvalue weighted by atomic mass is 10.1. The number of thiocarbonyl (C=S) groups is 1. The smallest absolute Gasteiger partial charge is 0.205 e. The number of anilines is 1. The first-order valence-electron chi connectivity index (χ1n) is 6.52. The minimum Gasteiger partial charge on any atom is -0.389 e. The summed E-state index contributed by atoms with van der Waals surface area (Å²) in [5.74, 6) is 0.927. The van der Waals surface area contributed by atoms with Crippen LogP contribution in [-0.2, 0) is 13.0 Å². The summed E-state index contributed by atoms with van der Waals surface area (Å²) in [6.07, 6.45) is 2.00.